The van der Waals surface area contributed by atoms with Crippen molar-refractivity contribution in [2.75, 3.05) is 5.32 Å². The monoisotopic (exact) mass is 463 g/mol. The molecule has 0 aliphatic carbocycles. The molecule has 1 N–H and O–H groups in total. The first-order valence-electron chi connectivity index (χ1n) is 7.76. The fourth-order valence-electron chi connectivity index (χ4n) is 2.31. The van der Waals surface area contributed by atoms with Crippen LogP contribution in [0.5, 0.6) is 5.75 Å². The number of hydrogen-bond acceptors (Lipinski definition) is 2. The minimum Gasteiger partial charge on any atom is -0.488 e. The van der Waals surface area contributed by atoms with Crippen molar-refractivity contribution in [3.63, 3.8) is 0 Å². The Hall–Kier alpha value is -1.85. The second kappa shape index (κ2) is 8.50. The summed E-state index contributed by atoms with van der Waals surface area (Å²) in [6, 6.07) is 20.5. The van der Waals surface area contributed by atoms with E-state index in [2.05, 4.69) is 37.2 Å². The summed E-state index contributed by atoms with van der Waals surface area (Å²) in [5.41, 5.74) is 2.71. The SMILES string of the molecule is Fc1ccccc1COc1ccc(CNc2ccc(Br)cc2)cc1Br. The quantitative estimate of drug-likeness (QED) is 0.447. The number of benzene rings is 3. The highest BCUT2D eigenvalue weighted by atomic mass is 79.9. The molecule has 0 aliphatic heterocycles. The molecule has 2 nitrogen and oxygen atoms in total. The van der Waals surface area contributed by atoms with Gasteiger partial charge in [-0.1, -0.05) is 40.2 Å². The molecule has 3 aromatic rings. The molecule has 3 rings (SSSR count). The molecular formula is C20H16Br2FNO. The van der Waals surface area contributed by atoms with Crippen LogP contribution < -0.4 is 10.1 Å². The largest absolute Gasteiger partial charge is 0.488 e. The number of ether oxygens (including phenoxy) is 1. The number of nitrogens with one attached hydrogen (secondary N) is 1. The van der Waals surface area contributed by atoms with E-state index >= 15 is 0 Å². The highest BCUT2D eigenvalue weighted by Gasteiger charge is 2.06. The lowest BCUT2D eigenvalue weighted by atomic mass is 10.2. The number of anilines is 1. The van der Waals surface area contributed by atoms with E-state index < -0.39 is 0 Å². The van der Waals surface area contributed by atoms with Crippen molar-refractivity contribution in [2.24, 2.45) is 0 Å². The molecule has 0 heterocycles. The van der Waals surface area contributed by atoms with Crippen molar-refractivity contribution < 1.29 is 9.13 Å². The van der Waals surface area contributed by atoms with Crippen LogP contribution in [0.3, 0.4) is 0 Å². The highest BCUT2D eigenvalue weighted by Crippen LogP contribution is 2.27. The van der Waals surface area contributed by atoms with Crippen LogP contribution in [-0.2, 0) is 13.2 Å². The Kier molecular flexibility index (Phi) is 6.10. The zero-order valence-electron chi connectivity index (χ0n) is 13.3. The maximum Gasteiger partial charge on any atom is 0.134 e. The first-order chi connectivity index (χ1) is 12.1. The number of halogens is 3. The van der Waals surface area contributed by atoms with Gasteiger partial charge in [0, 0.05) is 22.3 Å². The van der Waals surface area contributed by atoms with Gasteiger partial charge in [0.1, 0.15) is 18.2 Å². The normalized spacial score (nSPS) is 10.5. The van der Waals surface area contributed by atoms with E-state index in [1.165, 1.54) is 6.07 Å². The molecule has 0 aromatic heterocycles. The second-order valence-corrected chi connectivity index (χ2v) is 7.28. The Morgan fingerprint density at radius 3 is 2.40 bits per heavy atom. The van der Waals surface area contributed by atoms with Crippen molar-refractivity contribution in [2.45, 2.75) is 13.2 Å². The van der Waals surface area contributed by atoms with E-state index in [-0.39, 0.29) is 12.4 Å². The molecule has 3 aromatic carbocycles. The van der Waals surface area contributed by atoms with Crippen LogP contribution in [0.25, 0.3) is 0 Å². The molecule has 0 unspecified atom stereocenters. The van der Waals surface area contributed by atoms with E-state index in [9.17, 15) is 4.39 Å². The zero-order valence-corrected chi connectivity index (χ0v) is 16.5. The van der Waals surface area contributed by atoms with Crippen molar-refractivity contribution in [3.05, 3.63) is 92.6 Å². The molecule has 0 amide bonds. The van der Waals surface area contributed by atoms with Gasteiger partial charge in [-0.25, -0.2) is 4.39 Å². The molecule has 0 atom stereocenters. The summed E-state index contributed by atoms with van der Waals surface area (Å²) >= 11 is 6.95. The number of hydrogen-bond donors (Lipinski definition) is 1. The lowest BCUT2D eigenvalue weighted by molar-refractivity contribution is 0.298. The van der Waals surface area contributed by atoms with Gasteiger partial charge in [-0.15, -0.1) is 0 Å². The van der Waals surface area contributed by atoms with Crippen LogP contribution in [0.1, 0.15) is 11.1 Å². The molecule has 25 heavy (non-hydrogen) atoms. The Morgan fingerprint density at radius 1 is 0.920 bits per heavy atom. The average molecular weight is 465 g/mol. The predicted octanol–water partition coefficient (Wildman–Crippen LogP) is 6.54. The van der Waals surface area contributed by atoms with Gasteiger partial charge in [0.15, 0.2) is 0 Å². The third kappa shape index (κ3) is 5.06. The standard InChI is InChI=1S/C20H16Br2FNO/c21-16-6-8-17(9-7-16)24-12-14-5-10-20(18(22)11-14)25-13-15-3-1-2-4-19(15)23/h1-11,24H,12-13H2. The fourth-order valence-corrected chi connectivity index (χ4v) is 3.12. The van der Waals surface area contributed by atoms with Crippen molar-refractivity contribution in [3.8, 4) is 5.75 Å². The van der Waals surface area contributed by atoms with Crippen LogP contribution >= 0.6 is 31.9 Å². The van der Waals surface area contributed by atoms with E-state index in [1.807, 2.05) is 42.5 Å². The first-order valence-corrected chi connectivity index (χ1v) is 9.34. The van der Waals surface area contributed by atoms with Crippen molar-refractivity contribution in [1.82, 2.24) is 0 Å². The van der Waals surface area contributed by atoms with E-state index in [0.717, 1.165) is 20.2 Å². The van der Waals surface area contributed by atoms with E-state index in [0.29, 0.717) is 17.9 Å². The van der Waals surface area contributed by atoms with Crippen LogP contribution in [0.2, 0.25) is 0 Å². The van der Waals surface area contributed by atoms with Gasteiger partial charge in [-0.05, 0) is 64.0 Å². The molecule has 0 spiro atoms. The van der Waals surface area contributed by atoms with Gasteiger partial charge in [-0.3, -0.25) is 0 Å². The molecular weight excluding hydrogens is 449 g/mol. The van der Waals surface area contributed by atoms with Crippen LogP contribution in [0, 0.1) is 5.82 Å². The summed E-state index contributed by atoms with van der Waals surface area (Å²) < 4.78 is 21.3. The summed E-state index contributed by atoms with van der Waals surface area (Å²) in [6.45, 7) is 0.898. The maximum atomic E-state index is 13.6. The van der Waals surface area contributed by atoms with Crippen molar-refractivity contribution >= 4 is 37.5 Å². The van der Waals surface area contributed by atoms with Gasteiger partial charge in [-0.2, -0.15) is 0 Å². The summed E-state index contributed by atoms with van der Waals surface area (Å²) in [7, 11) is 0. The maximum absolute atomic E-state index is 13.6. The molecule has 5 heteroatoms. The Labute approximate surface area is 163 Å². The molecule has 128 valence electrons. The van der Waals surface area contributed by atoms with Crippen molar-refractivity contribution in [1.29, 1.82) is 0 Å². The molecule has 0 radical (unpaired) electrons. The minimum absolute atomic E-state index is 0.196. The average Bonchev–Trinajstić information content (AvgIpc) is 2.62. The van der Waals surface area contributed by atoms with Gasteiger partial charge in [0.05, 0.1) is 4.47 Å². The molecule has 0 fully saturated rings. The Bertz CT molecular complexity index is 853. The van der Waals surface area contributed by atoms with E-state index in [1.54, 1.807) is 18.2 Å². The zero-order chi connectivity index (χ0) is 17.6. The molecule has 0 bridgehead atoms. The lowest BCUT2D eigenvalue weighted by Gasteiger charge is -2.11. The summed E-state index contributed by atoms with van der Waals surface area (Å²) in [5.74, 6) is 0.435. The third-order valence-corrected chi connectivity index (χ3v) is 4.83. The Morgan fingerprint density at radius 2 is 1.68 bits per heavy atom. The van der Waals surface area contributed by atoms with Gasteiger partial charge < -0.3 is 10.1 Å². The smallest absolute Gasteiger partial charge is 0.134 e. The predicted molar refractivity (Wildman–Crippen MR) is 106 cm³/mol. The van der Waals surface area contributed by atoms with E-state index in [4.69, 9.17) is 4.74 Å². The van der Waals surface area contributed by atoms with Gasteiger partial charge >= 0.3 is 0 Å². The lowest BCUT2D eigenvalue weighted by Crippen LogP contribution is -2.01. The minimum atomic E-state index is -0.256. The van der Waals surface area contributed by atoms with Gasteiger partial charge in [0.2, 0.25) is 0 Å². The third-order valence-electron chi connectivity index (χ3n) is 3.68. The summed E-state index contributed by atoms with van der Waals surface area (Å²) in [5, 5.41) is 3.37. The van der Waals surface area contributed by atoms with Crippen LogP contribution in [0.4, 0.5) is 10.1 Å². The highest BCUT2D eigenvalue weighted by molar-refractivity contribution is 9.10. The first kappa shape index (κ1) is 18.0. The van der Waals surface area contributed by atoms with Gasteiger partial charge in [0.25, 0.3) is 0 Å². The molecule has 0 saturated carbocycles. The summed E-state index contributed by atoms with van der Waals surface area (Å²) in [6.07, 6.45) is 0. The fraction of sp³-hybridized carbons (Fsp3) is 0.100. The topological polar surface area (TPSA) is 21.3 Å². The summed E-state index contributed by atoms with van der Waals surface area (Å²) in [4.78, 5) is 0. The second-order valence-electron chi connectivity index (χ2n) is 5.51. The van der Waals surface area contributed by atoms with Crippen LogP contribution in [0.15, 0.2) is 75.7 Å². The molecule has 0 aliphatic rings. The Balaban J connectivity index is 1.60. The van der Waals surface area contributed by atoms with Crippen LogP contribution in [-0.4, -0.2) is 0 Å². The number of rotatable bonds is 6. The molecule has 0 saturated heterocycles.